The summed E-state index contributed by atoms with van der Waals surface area (Å²) in [5, 5.41) is 19.0. The van der Waals surface area contributed by atoms with Crippen LogP contribution in [-0.4, -0.2) is 56.3 Å². The summed E-state index contributed by atoms with van der Waals surface area (Å²) in [5.74, 6) is 0.270. The van der Waals surface area contributed by atoms with Gasteiger partial charge in [0.25, 0.3) is 11.8 Å². The second-order valence-corrected chi connectivity index (χ2v) is 8.49. The molecule has 4 rings (SSSR count). The van der Waals surface area contributed by atoms with Gasteiger partial charge in [0.15, 0.2) is 0 Å². The molecule has 4 N–H and O–H groups in total. The average molecular weight is 438 g/mol. The molecule has 2 aromatic carbocycles. The maximum atomic E-state index is 13.0. The van der Waals surface area contributed by atoms with Crippen LogP contribution >= 0.6 is 0 Å². The number of hydrogen-bond acceptors (Lipinski definition) is 5. The van der Waals surface area contributed by atoms with Gasteiger partial charge >= 0.3 is 0 Å². The first kappa shape index (κ1) is 22.3. The summed E-state index contributed by atoms with van der Waals surface area (Å²) >= 11 is 0. The van der Waals surface area contributed by atoms with Crippen molar-refractivity contribution < 1.29 is 19.4 Å². The van der Waals surface area contributed by atoms with E-state index in [1.807, 2.05) is 30.3 Å². The van der Waals surface area contributed by atoms with Crippen LogP contribution in [0.25, 0.3) is 0 Å². The Balaban J connectivity index is 1.61. The lowest BCUT2D eigenvalue weighted by Gasteiger charge is -2.22. The fourth-order valence-corrected chi connectivity index (χ4v) is 4.73. The van der Waals surface area contributed by atoms with Crippen molar-refractivity contribution in [2.75, 3.05) is 33.3 Å². The molecule has 0 aliphatic carbocycles. The molecule has 2 heterocycles. The fourth-order valence-electron chi connectivity index (χ4n) is 4.73. The Kier molecular flexibility index (Phi) is 7.07. The molecule has 7 nitrogen and oxygen atoms in total. The number of aliphatic hydroxyl groups excluding tert-OH is 1. The Morgan fingerprint density at radius 1 is 1.12 bits per heavy atom. The molecule has 0 bridgehead atoms. The van der Waals surface area contributed by atoms with Crippen LogP contribution in [-0.2, 0) is 0 Å². The van der Waals surface area contributed by atoms with Crippen molar-refractivity contribution >= 4 is 11.8 Å². The topological polar surface area (TPSA) is 99.7 Å². The standard InChI is InChI=1S/C25H31N3O4/c1-26-25(31)20-14-18(24(30)28-12-9-16-7-10-27-11-8-16)13-19-22(17-5-3-2-4-6-17)21(15-29)32-23(19)20/h2-6,13-14,16,21-22,27,29H,7-12,15H2,1H3,(H,26,31)(H,28,30)/t21?,22-/m0/s1. The van der Waals surface area contributed by atoms with Gasteiger partial charge in [-0.05, 0) is 56.0 Å². The molecule has 0 radical (unpaired) electrons. The van der Waals surface area contributed by atoms with Crippen LogP contribution < -0.4 is 20.7 Å². The van der Waals surface area contributed by atoms with Crippen LogP contribution in [0, 0.1) is 5.92 Å². The zero-order chi connectivity index (χ0) is 22.5. The molecular formula is C25H31N3O4. The quantitative estimate of drug-likeness (QED) is 0.531. The molecule has 32 heavy (non-hydrogen) atoms. The monoisotopic (exact) mass is 437 g/mol. The molecule has 2 aromatic rings. The Bertz CT molecular complexity index is 957. The van der Waals surface area contributed by atoms with E-state index in [1.54, 1.807) is 19.2 Å². The van der Waals surface area contributed by atoms with Gasteiger partial charge in [-0.3, -0.25) is 9.59 Å². The number of ether oxygens (including phenoxy) is 1. The van der Waals surface area contributed by atoms with Crippen molar-refractivity contribution in [3.63, 3.8) is 0 Å². The summed E-state index contributed by atoms with van der Waals surface area (Å²) < 4.78 is 6.02. The van der Waals surface area contributed by atoms with E-state index in [4.69, 9.17) is 4.74 Å². The van der Waals surface area contributed by atoms with Gasteiger partial charge in [0.2, 0.25) is 0 Å². The third-order valence-corrected chi connectivity index (χ3v) is 6.46. The zero-order valence-electron chi connectivity index (χ0n) is 18.4. The maximum absolute atomic E-state index is 13.0. The molecule has 7 heteroatoms. The molecule has 1 unspecified atom stereocenters. The van der Waals surface area contributed by atoms with Crippen molar-refractivity contribution in [3.8, 4) is 5.75 Å². The van der Waals surface area contributed by atoms with Crippen LogP contribution in [0.2, 0.25) is 0 Å². The molecule has 2 atom stereocenters. The summed E-state index contributed by atoms with van der Waals surface area (Å²) in [6, 6.07) is 13.1. The van der Waals surface area contributed by atoms with Gasteiger partial charge in [0.1, 0.15) is 11.9 Å². The van der Waals surface area contributed by atoms with Crippen LogP contribution in [0.15, 0.2) is 42.5 Å². The number of nitrogens with one attached hydrogen (secondary N) is 3. The van der Waals surface area contributed by atoms with Crippen molar-refractivity contribution in [2.24, 2.45) is 5.92 Å². The molecule has 0 spiro atoms. The highest BCUT2D eigenvalue weighted by Crippen LogP contribution is 2.44. The first-order valence-electron chi connectivity index (χ1n) is 11.3. The van der Waals surface area contributed by atoms with E-state index in [1.165, 1.54) is 0 Å². The van der Waals surface area contributed by atoms with E-state index in [9.17, 15) is 14.7 Å². The second kappa shape index (κ2) is 10.1. The molecule has 1 fully saturated rings. The lowest BCUT2D eigenvalue weighted by molar-refractivity contribution is 0.0947. The minimum absolute atomic E-state index is 0.195. The lowest BCUT2D eigenvalue weighted by Crippen LogP contribution is -2.31. The van der Waals surface area contributed by atoms with E-state index in [0.29, 0.717) is 29.3 Å². The van der Waals surface area contributed by atoms with E-state index < -0.39 is 6.10 Å². The number of carbonyl (C=O) groups is 2. The number of amides is 2. The molecule has 1 saturated heterocycles. The van der Waals surface area contributed by atoms with Gasteiger partial charge in [0, 0.05) is 24.7 Å². The van der Waals surface area contributed by atoms with Crippen LogP contribution in [0.3, 0.4) is 0 Å². The van der Waals surface area contributed by atoms with E-state index in [0.717, 1.165) is 43.5 Å². The molecule has 0 aromatic heterocycles. The number of aliphatic hydroxyl groups is 1. The SMILES string of the molecule is CNC(=O)c1cc(C(=O)NCCC2CCNCC2)cc2c1OC(CO)[C@H]2c1ccccc1. The van der Waals surface area contributed by atoms with Crippen LogP contribution in [0.1, 0.15) is 57.0 Å². The highest BCUT2D eigenvalue weighted by atomic mass is 16.5. The Morgan fingerprint density at radius 3 is 2.56 bits per heavy atom. The number of hydrogen-bond donors (Lipinski definition) is 4. The first-order chi connectivity index (χ1) is 15.6. The number of fused-ring (bicyclic) bond motifs is 1. The molecule has 2 amide bonds. The normalized spacial score (nSPS) is 20.3. The Labute approximate surface area is 188 Å². The van der Waals surface area contributed by atoms with Crippen molar-refractivity contribution in [1.82, 2.24) is 16.0 Å². The molecule has 2 aliphatic heterocycles. The average Bonchev–Trinajstić information content (AvgIpc) is 3.22. The highest BCUT2D eigenvalue weighted by Gasteiger charge is 2.38. The van der Waals surface area contributed by atoms with Crippen molar-refractivity contribution in [3.05, 3.63) is 64.7 Å². The van der Waals surface area contributed by atoms with Gasteiger partial charge in [-0.25, -0.2) is 0 Å². The Hall–Kier alpha value is -2.90. The third-order valence-electron chi connectivity index (χ3n) is 6.46. The van der Waals surface area contributed by atoms with Gasteiger partial charge in [-0.1, -0.05) is 30.3 Å². The predicted octanol–water partition coefficient (Wildman–Crippen LogP) is 2.05. The summed E-state index contributed by atoms with van der Waals surface area (Å²) in [7, 11) is 1.55. The minimum atomic E-state index is -0.519. The number of piperidine rings is 1. The highest BCUT2D eigenvalue weighted by molar-refractivity contribution is 6.02. The number of carbonyl (C=O) groups excluding carboxylic acids is 2. The van der Waals surface area contributed by atoms with Crippen LogP contribution in [0.4, 0.5) is 0 Å². The van der Waals surface area contributed by atoms with E-state index in [-0.39, 0.29) is 24.3 Å². The summed E-state index contributed by atoms with van der Waals surface area (Å²) in [6.45, 7) is 2.48. The smallest absolute Gasteiger partial charge is 0.254 e. The molecule has 2 aliphatic rings. The zero-order valence-corrected chi connectivity index (χ0v) is 18.4. The largest absolute Gasteiger partial charge is 0.486 e. The van der Waals surface area contributed by atoms with Crippen molar-refractivity contribution in [1.29, 1.82) is 0 Å². The summed E-state index contributed by atoms with van der Waals surface area (Å²) in [4.78, 5) is 25.6. The number of benzene rings is 2. The first-order valence-corrected chi connectivity index (χ1v) is 11.3. The predicted molar refractivity (Wildman–Crippen MR) is 122 cm³/mol. The van der Waals surface area contributed by atoms with E-state index in [2.05, 4.69) is 16.0 Å². The number of rotatable bonds is 7. The third kappa shape index (κ3) is 4.64. The second-order valence-electron chi connectivity index (χ2n) is 8.49. The van der Waals surface area contributed by atoms with E-state index >= 15 is 0 Å². The van der Waals surface area contributed by atoms with Gasteiger partial charge in [0.05, 0.1) is 18.1 Å². The fraction of sp³-hybridized carbons (Fsp3) is 0.440. The Morgan fingerprint density at radius 2 is 1.88 bits per heavy atom. The summed E-state index contributed by atoms with van der Waals surface area (Å²) in [5.41, 5.74) is 2.46. The molecule has 170 valence electrons. The minimum Gasteiger partial charge on any atom is -0.486 e. The van der Waals surface area contributed by atoms with Crippen molar-refractivity contribution in [2.45, 2.75) is 31.3 Å². The lowest BCUT2D eigenvalue weighted by atomic mass is 9.86. The molecule has 0 saturated carbocycles. The van der Waals surface area contributed by atoms with Gasteiger partial charge < -0.3 is 25.8 Å². The maximum Gasteiger partial charge on any atom is 0.254 e. The molecular weight excluding hydrogens is 406 g/mol. The summed E-state index contributed by atoms with van der Waals surface area (Å²) in [6.07, 6.45) is 2.69. The van der Waals surface area contributed by atoms with Gasteiger partial charge in [-0.15, -0.1) is 0 Å². The van der Waals surface area contributed by atoms with Crippen LogP contribution in [0.5, 0.6) is 5.75 Å². The van der Waals surface area contributed by atoms with Gasteiger partial charge in [-0.2, -0.15) is 0 Å².